The number of nitrogens with one attached hydrogen (secondary N) is 1. The minimum absolute atomic E-state index is 0.0434. The number of rotatable bonds is 8. The maximum atomic E-state index is 15.3. The predicted molar refractivity (Wildman–Crippen MR) is 148 cm³/mol. The van der Waals surface area contributed by atoms with Gasteiger partial charge in [-0.25, -0.2) is 9.92 Å². The van der Waals surface area contributed by atoms with Crippen LogP contribution < -0.4 is 9.47 Å². The number of fused-ring (bicyclic) bond motifs is 2. The highest BCUT2D eigenvalue weighted by atomic mass is 19.1. The van der Waals surface area contributed by atoms with Gasteiger partial charge in [0.25, 0.3) is 0 Å². The Morgan fingerprint density at radius 2 is 1.97 bits per heavy atom. The van der Waals surface area contributed by atoms with Gasteiger partial charge in [0.2, 0.25) is 0 Å². The van der Waals surface area contributed by atoms with Crippen molar-refractivity contribution in [3.8, 4) is 22.6 Å². The molecule has 202 valence electrons. The third kappa shape index (κ3) is 5.31. The molecule has 7 heteroatoms. The van der Waals surface area contributed by atoms with Crippen LogP contribution in [0.4, 0.5) is 4.39 Å². The average molecular weight is 529 g/mol. The van der Waals surface area contributed by atoms with E-state index in [1.807, 2.05) is 43.3 Å². The molecule has 0 saturated carbocycles. The molecule has 1 aliphatic heterocycles. The van der Waals surface area contributed by atoms with Gasteiger partial charge in [0.15, 0.2) is 0 Å². The summed E-state index contributed by atoms with van der Waals surface area (Å²) in [5, 5.41) is 3.52. The number of ether oxygens (including phenoxy) is 3. The standard InChI is InChI=1S/C32H33FN2O4/c1-18-13-21(6-5-20(3)35-34)14-19(2)31(18)25-9-11-27(33)32-26(25)10-12-28(32)39-23-7-8-24-22(15-30(36)37-4)17-38-29(24)16-23/h5-9,11,13-14,16,20,22,28,34H,10,12,15,17H2,1-4H3/b6-5+,35-34?. The lowest BCUT2D eigenvalue weighted by Gasteiger charge is -2.19. The van der Waals surface area contributed by atoms with Gasteiger partial charge in [-0.3, -0.25) is 4.79 Å². The molecule has 0 spiro atoms. The minimum Gasteiger partial charge on any atom is -0.492 e. The Morgan fingerprint density at radius 3 is 2.69 bits per heavy atom. The van der Waals surface area contributed by atoms with Gasteiger partial charge in [0.05, 0.1) is 26.2 Å². The number of methoxy groups -OCH3 is 1. The lowest BCUT2D eigenvalue weighted by molar-refractivity contribution is -0.141. The molecule has 1 heterocycles. The SMILES string of the molecule is COC(=O)CC1COc2cc(OC3CCc4c(-c5c(C)cc(/C=C/C(C)N=N)cc5C)ccc(F)c43)ccc21. The summed E-state index contributed by atoms with van der Waals surface area (Å²) in [5.74, 6) is 0.747. The predicted octanol–water partition coefficient (Wildman–Crippen LogP) is 7.65. The van der Waals surface area contributed by atoms with Gasteiger partial charge in [0, 0.05) is 23.1 Å². The fraction of sp³-hybridized carbons (Fsp3) is 0.344. The van der Waals surface area contributed by atoms with Gasteiger partial charge in [-0.2, -0.15) is 5.11 Å². The maximum absolute atomic E-state index is 15.3. The van der Waals surface area contributed by atoms with Crippen molar-refractivity contribution in [2.75, 3.05) is 13.7 Å². The van der Waals surface area contributed by atoms with E-state index in [2.05, 4.69) is 31.1 Å². The fourth-order valence-electron chi connectivity index (χ4n) is 5.78. The molecular formula is C32H33FN2O4. The van der Waals surface area contributed by atoms with Gasteiger partial charge in [-0.15, -0.1) is 0 Å². The van der Waals surface area contributed by atoms with E-state index in [1.165, 1.54) is 7.11 Å². The van der Waals surface area contributed by atoms with E-state index in [4.69, 9.17) is 19.7 Å². The number of carbonyl (C=O) groups is 1. The first kappa shape index (κ1) is 26.6. The number of carbonyl (C=O) groups excluding carboxylic acids is 1. The van der Waals surface area contributed by atoms with Gasteiger partial charge >= 0.3 is 5.97 Å². The van der Waals surface area contributed by atoms with Crippen molar-refractivity contribution in [3.05, 3.63) is 87.7 Å². The van der Waals surface area contributed by atoms with Crippen molar-refractivity contribution < 1.29 is 23.4 Å². The third-order valence-electron chi connectivity index (χ3n) is 7.66. The molecule has 3 atom stereocenters. The zero-order valence-electron chi connectivity index (χ0n) is 22.7. The number of esters is 1. The first-order valence-corrected chi connectivity index (χ1v) is 13.3. The molecule has 2 aliphatic rings. The first-order valence-electron chi connectivity index (χ1n) is 13.3. The lowest BCUT2D eigenvalue weighted by atomic mass is 9.89. The van der Waals surface area contributed by atoms with E-state index in [-0.39, 0.29) is 30.2 Å². The van der Waals surface area contributed by atoms with E-state index < -0.39 is 6.10 Å². The fourth-order valence-corrected chi connectivity index (χ4v) is 5.78. The normalized spacial score (nSPS) is 18.4. The third-order valence-corrected chi connectivity index (χ3v) is 7.66. The Morgan fingerprint density at radius 1 is 1.21 bits per heavy atom. The van der Waals surface area contributed by atoms with E-state index >= 15 is 4.39 Å². The Labute approximate surface area is 228 Å². The van der Waals surface area contributed by atoms with Crippen LogP contribution in [-0.4, -0.2) is 25.7 Å². The monoisotopic (exact) mass is 528 g/mol. The van der Waals surface area contributed by atoms with Crippen LogP contribution in [0, 0.1) is 25.2 Å². The van der Waals surface area contributed by atoms with Gasteiger partial charge in [0.1, 0.15) is 23.4 Å². The van der Waals surface area contributed by atoms with Crippen LogP contribution in [0.3, 0.4) is 0 Å². The molecule has 39 heavy (non-hydrogen) atoms. The molecule has 0 aromatic heterocycles. The number of aryl methyl sites for hydroxylation is 2. The van der Waals surface area contributed by atoms with Crippen molar-refractivity contribution >= 4 is 12.0 Å². The summed E-state index contributed by atoms with van der Waals surface area (Å²) < 4.78 is 32.2. The van der Waals surface area contributed by atoms with E-state index in [0.29, 0.717) is 30.1 Å². The molecule has 1 aliphatic carbocycles. The van der Waals surface area contributed by atoms with Crippen LogP contribution in [0.5, 0.6) is 11.5 Å². The summed E-state index contributed by atoms with van der Waals surface area (Å²) >= 11 is 0. The maximum Gasteiger partial charge on any atom is 0.306 e. The summed E-state index contributed by atoms with van der Waals surface area (Å²) in [6.07, 6.45) is 5.16. The molecule has 0 fully saturated rings. The summed E-state index contributed by atoms with van der Waals surface area (Å²) in [6.45, 7) is 6.45. The van der Waals surface area contributed by atoms with Gasteiger partial charge in [-0.1, -0.05) is 36.4 Å². The van der Waals surface area contributed by atoms with Crippen LogP contribution in [0.1, 0.15) is 65.2 Å². The molecule has 0 radical (unpaired) electrons. The largest absolute Gasteiger partial charge is 0.492 e. The van der Waals surface area contributed by atoms with Crippen molar-refractivity contribution in [1.82, 2.24) is 0 Å². The molecule has 3 aromatic carbocycles. The van der Waals surface area contributed by atoms with Crippen molar-refractivity contribution in [1.29, 1.82) is 5.53 Å². The highest BCUT2D eigenvalue weighted by Crippen LogP contribution is 2.45. The van der Waals surface area contributed by atoms with Crippen molar-refractivity contribution in [3.63, 3.8) is 0 Å². The number of hydrogen-bond acceptors (Lipinski definition) is 6. The minimum atomic E-state index is -0.400. The topological polar surface area (TPSA) is 81.0 Å². The van der Waals surface area contributed by atoms with E-state index in [0.717, 1.165) is 45.4 Å². The Bertz CT molecular complexity index is 1440. The Balaban J connectivity index is 1.41. The zero-order valence-corrected chi connectivity index (χ0v) is 22.7. The average Bonchev–Trinajstić information content (AvgIpc) is 3.52. The summed E-state index contributed by atoms with van der Waals surface area (Å²) in [7, 11) is 1.38. The first-order chi connectivity index (χ1) is 18.8. The number of halogens is 1. The molecule has 3 aromatic rings. The molecule has 3 unspecified atom stereocenters. The quantitative estimate of drug-likeness (QED) is 0.241. The highest BCUT2D eigenvalue weighted by Gasteiger charge is 2.32. The van der Waals surface area contributed by atoms with Crippen molar-refractivity contribution in [2.24, 2.45) is 5.11 Å². The Hall–Kier alpha value is -4.00. The molecule has 1 N–H and O–H groups in total. The zero-order chi connectivity index (χ0) is 27.7. The summed E-state index contributed by atoms with van der Waals surface area (Å²) in [5.41, 5.74) is 15.2. The number of nitrogens with zero attached hydrogens (tertiary/aromatic N) is 1. The molecule has 0 saturated heterocycles. The lowest BCUT2D eigenvalue weighted by Crippen LogP contribution is -2.09. The van der Waals surface area contributed by atoms with Crippen LogP contribution in [0.2, 0.25) is 0 Å². The summed E-state index contributed by atoms with van der Waals surface area (Å²) in [4.78, 5) is 11.7. The Kier molecular flexibility index (Phi) is 7.51. The van der Waals surface area contributed by atoms with Gasteiger partial charge < -0.3 is 14.2 Å². The van der Waals surface area contributed by atoms with E-state index in [1.54, 1.807) is 6.07 Å². The smallest absolute Gasteiger partial charge is 0.306 e. The summed E-state index contributed by atoms with van der Waals surface area (Å²) in [6, 6.07) is 13.1. The second-order valence-electron chi connectivity index (χ2n) is 10.4. The second-order valence-corrected chi connectivity index (χ2v) is 10.4. The van der Waals surface area contributed by atoms with Crippen LogP contribution in [-0.2, 0) is 16.0 Å². The van der Waals surface area contributed by atoms with Crippen LogP contribution >= 0.6 is 0 Å². The van der Waals surface area contributed by atoms with Gasteiger partial charge in [-0.05, 0) is 79.1 Å². The molecule has 5 rings (SSSR count). The molecule has 0 amide bonds. The van der Waals surface area contributed by atoms with Crippen LogP contribution in [0.15, 0.2) is 53.7 Å². The molecular weight excluding hydrogens is 495 g/mol. The van der Waals surface area contributed by atoms with E-state index in [9.17, 15) is 4.79 Å². The van der Waals surface area contributed by atoms with Crippen molar-refractivity contribution in [2.45, 2.75) is 58.1 Å². The second kappa shape index (κ2) is 11.0. The number of hydrogen-bond donors (Lipinski definition) is 1. The molecule has 0 bridgehead atoms. The molecule has 6 nitrogen and oxygen atoms in total. The van der Waals surface area contributed by atoms with Crippen LogP contribution in [0.25, 0.3) is 17.2 Å². The number of benzene rings is 3. The highest BCUT2D eigenvalue weighted by molar-refractivity contribution is 5.77.